The largest absolute Gasteiger partial charge is 0.313 e. The van der Waals surface area contributed by atoms with Gasteiger partial charge in [0.05, 0.1) is 5.75 Å². The van der Waals surface area contributed by atoms with Crippen LogP contribution < -0.4 is 5.32 Å². The summed E-state index contributed by atoms with van der Waals surface area (Å²) in [4.78, 5) is 0. The van der Waals surface area contributed by atoms with Gasteiger partial charge in [-0.15, -0.1) is 0 Å². The SMILES string of the molecule is CC1(C)CCCCC1NCCCS(C)(=O)=O. The first kappa shape index (κ1) is 14.0. The lowest BCUT2D eigenvalue weighted by Crippen LogP contribution is -2.44. The van der Waals surface area contributed by atoms with Crippen molar-refractivity contribution in [2.24, 2.45) is 5.41 Å². The molecule has 16 heavy (non-hydrogen) atoms. The average molecular weight is 247 g/mol. The van der Waals surface area contributed by atoms with Crippen LogP contribution in [0.2, 0.25) is 0 Å². The molecule has 3 nitrogen and oxygen atoms in total. The molecule has 1 saturated carbocycles. The summed E-state index contributed by atoms with van der Waals surface area (Å²) in [6, 6.07) is 0.556. The van der Waals surface area contributed by atoms with Crippen molar-refractivity contribution in [1.82, 2.24) is 5.32 Å². The molecule has 96 valence electrons. The lowest BCUT2D eigenvalue weighted by molar-refractivity contribution is 0.168. The van der Waals surface area contributed by atoms with Gasteiger partial charge in [0.2, 0.25) is 0 Å². The van der Waals surface area contributed by atoms with Gasteiger partial charge in [0.1, 0.15) is 9.84 Å². The Hall–Kier alpha value is -0.0900. The Morgan fingerprint density at radius 2 is 2.00 bits per heavy atom. The second-order valence-corrected chi connectivity index (χ2v) is 7.98. The Kier molecular flexibility index (Phi) is 4.80. The highest BCUT2D eigenvalue weighted by atomic mass is 32.2. The number of hydrogen-bond donors (Lipinski definition) is 1. The van der Waals surface area contributed by atoms with Crippen LogP contribution in [0.15, 0.2) is 0 Å². The van der Waals surface area contributed by atoms with E-state index in [0.29, 0.717) is 17.2 Å². The van der Waals surface area contributed by atoms with Crippen molar-refractivity contribution in [3.05, 3.63) is 0 Å². The quantitative estimate of drug-likeness (QED) is 0.756. The molecule has 0 heterocycles. The van der Waals surface area contributed by atoms with Crippen LogP contribution in [-0.2, 0) is 9.84 Å². The van der Waals surface area contributed by atoms with Gasteiger partial charge in [0, 0.05) is 12.3 Å². The second kappa shape index (κ2) is 5.50. The summed E-state index contributed by atoms with van der Waals surface area (Å²) in [7, 11) is -2.80. The third-order valence-electron chi connectivity index (χ3n) is 3.59. The molecule has 0 aliphatic heterocycles. The summed E-state index contributed by atoms with van der Waals surface area (Å²) in [5.74, 6) is 0.299. The van der Waals surface area contributed by atoms with Gasteiger partial charge < -0.3 is 5.32 Å². The molecule has 1 aliphatic rings. The fraction of sp³-hybridized carbons (Fsp3) is 1.00. The molecule has 0 aromatic heterocycles. The predicted molar refractivity (Wildman–Crippen MR) is 68.4 cm³/mol. The van der Waals surface area contributed by atoms with Crippen molar-refractivity contribution < 1.29 is 8.42 Å². The van der Waals surface area contributed by atoms with Gasteiger partial charge in [-0.2, -0.15) is 0 Å². The predicted octanol–water partition coefficient (Wildman–Crippen LogP) is 1.98. The molecule has 0 spiro atoms. The molecule has 1 atom stereocenters. The first-order valence-corrected chi connectivity index (χ1v) is 8.28. The van der Waals surface area contributed by atoms with Gasteiger partial charge in [-0.05, 0) is 31.2 Å². The third kappa shape index (κ3) is 4.83. The van der Waals surface area contributed by atoms with E-state index >= 15 is 0 Å². The highest BCUT2D eigenvalue weighted by Gasteiger charge is 2.31. The molecular formula is C12H25NO2S. The van der Waals surface area contributed by atoms with E-state index in [1.807, 2.05) is 0 Å². The maximum atomic E-state index is 11.0. The number of sulfone groups is 1. The molecule has 1 unspecified atom stereocenters. The Morgan fingerprint density at radius 1 is 1.31 bits per heavy atom. The molecule has 1 fully saturated rings. The van der Waals surface area contributed by atoms with Crippen molar-refractivity contribution in [2.45, 2.75) is 52.0 Å². The van der Waals surface area contributed by atoms with E-state index in [2.05, 4.69) is 19.2 Å². The Balaban J connectivity index is 2.26. The smallest absolute Gasteiger partial charge is 0.147 e. The summed E-state index contributed by atoms with van der Waals surface area (Å²) in [6.07, 6.45) is 7.16. The normalized spacial score (nSPS) is 25.6. The third-order valence-corrected chi connectivity index (χ3v) is 4.62. The molecule has 0 bridgehead atoms. The Morgan fingerprint density at radius 3 is 2.56 bits per heavy atom. The van der Waals surface area contributed by atoms with Crippen LogP contribution in [0.4, 0.5) is 0 Å². The van der Waals surface area contributed by atoms with Crippen LogP contribution in [0.3, 0.4) is 0 Å². The molecule has 1 rings (SSSR count). The summed E-state index contributed by atoms with van der Waals surface area (Å²) in [6.45, 7) is 5.43. The van der Waals surface area contributed by atoms with E-state index in [1.54, 1.807) is 0 Å². The van der Waals surface area contributed by atoms with Crippen molar-refractivity contribution in [3.63, 3.8) is 0 Å². The van der Waals surface area contributed by atoms with Crippen molar-refractivity contribution in [2.75, 3.05) is 18.6 Å². The molecule has 0 aromatic carbocycles. The zero-order valence-corrected chi connectivity index (χ0v) is 11.6. The molecule has 0 aromatic rings. The van der Waals surface area contributed by atoms with Gasteiger partial charge in [0.15, 0.2) is 0 Å². The van der Waals surface area contributed by atoms with Gasteiger partial charge in [-0.3, -0.25) is 0 Å². The minimum absolute atomic E-state index is 0.299. The van der Waals surface area contributed by atoms with Gasteiger partial charge in [0.25, 0.3) is 0 Å². The summed E-state index contributed by atoms with van der Waals surface area (Å²) in [5.41, 5.74) is 0.364. The van der Waals surface area contributed by atoms with Gasteiger partial charge >= 0.3 is 0 Å². The van der Waals surface area contributed by atoms with E-state index in [9.17, 15) is 8.42 Å². The standard InChI is InChI=1S/C12H25NO2S/c1-12(2)8-5-4-7-11(12)13-9-6-10-16(3,14)15/h11,13H,4-10H2,1-3H3. The van der Waals surface area contributed by atoms with E-state index in [1.165, 1.54) is 31.9 Å². The fourth-order valence-corrected chi connectivity index (χ4v) is 3.15. The van der Waals surface area contributed by atoms with E-state index in [-0.39, 0.29) is 0 Å². The molecule has 1 N–H and O–H groups in total. The first-order valence-electron chi connectivity index (χ1n) is 6.22. The van der Waals surface area contributed by atoms with Crippen LogP contribution in [0.25, 0.3) is 0 Å². The second-order valence-electron chi connectivity index (χ2n) is 5.72. The monoisotopic (exact) mass is 247 g/mol. The van der Waals surface area contributed by atoms with Crippen molar-refractivity contribution in [1.29, 1.82) is 0 Å². The van der Waals surface area contributed by atoms with Crippen LogP contribution in [0.1, 0.15) is 46.0 Å². The van der Waals surface area contributed by atoms with Crippen LogP contribution in [0, 0.1) is 5.41 Å². The Labute approximate surface area is 99.9 Å². The fourth-order valence-electron chi connectivity index (χ4n) is 2.48. The molecule has 0 saturated heterocycles. The lowest BCUT2D eigenvalue weighted by Gasteiger charge is -2.39. The van der Waals surface area contributed by atoms with Gasteiger partial charge in [-0.25, -0.2) is 8.42 Å². The van der Waals surface area contributed by atoms with E-state index in [0.717, 1.165) is 13.0 Å². The van der Waals surface area contributed by atoms with Crippen molar-refractivity contribution in [3.8, 4) is 0 Å². The molecular weight excluding hydrogens is 222 g/mol. The number of nitrogens with one attached hydrogen (secondary N) is 1. The molecule has 4 heteroatoms. The zero-order valence-electron chi connectivity index (χ0n) is 10.8. The minimum Gasteiger partial charge on any atom is -0.313 e. The lowest BCUT2D eigenvalue weighted by atomic mass is 9.73. The number of hydrogen-bond acceptors (Lipinski definition) is 3. The highest BCUT2D eigenvalue weighted by Crippen LogP contribution is 2.35. The summed E-state index contributed by atoms with van der Waals surface area (Å²) in [5, 5.41) is 3.52. The highest BCUT2D eigenvalue weighted by molar-refractivity contribution is 7.90. The summed E-state index contributed by atoms with van der Waals surface area (Å²) >= 11 is 0. The maximum absolute atomic E-state index is 11.0. The van der Waals surface area contributed by atoms with E-state index < -0.39 is 9.84 Å². The summed E-state index contributed by atoms with van der Waals surface area (Å²) < 4.78 is 22.0. The van der Waals surface area contributed by atoms with E-state index in [4.69, 9.17) is 0 Å². The topological polar surface area (TPSA) is 46.2 Å². The van der Waals surface area contributed by atoms with Crippen molar-refractivity contribution >= 4 is 9.84 Å². The number of rotatable bonds is 5. The van der Waals surface area contributed by atoms with Gasteiger partial charge in [-0.1, -0.05) is 26.7 Å². The van der Waals surface area contributed by atoms with Crippen LogP contribution >= 0.6 is 0 Å². The minimum atomic E-state index is -2.80. The molecule has 1 aliphatic carbocycles. The Bertz CT molecular complexity index is 309. The average Bonchev–Trinajstić information content (AvgIpc) is 2.12. The van der Waals surface area contributed by atoms with Crippen LogP contribution in [-0.4, -0.2) is 33.0 Å². The van der Waals surface area contributed by atoms with Crippen LogP contribution in [0.5, 0.6) is 0 Å². The molecule has 0 amide bonds. The maximum Gasteiger partial charge on any atom is 0.147 e. The molecule has 0 radical (unpaired) electrons. The first-order chi connectivity index (χ1) is 7.31. The zero-order chi connectivity index (χ0) is 12.2.